The zero-order valence-electron chi connectivity index (χ0n) is 11.6. The summed E-state index contributed by atoms with van der Waals surface area (Å²) in [7, 11) is 0. The van der Waals surface area contributed by atoms with Crippen molar-refractivity contribution in [1.82, 2.24) is 15.5 Å². The van der Waals surface area contributed by atoms with Crippen molar-refractivity contribution < 1.29 is 8.91 Å². The molecule has 0 spiro atoms. The van der Waals surface area contributed by atoms with E-state index in [-0.39, 0.29) is 5.82 Å². The van der Waals surface area contributed by atoms with Gasteiger partial charge in [0, 0.05) is 12.0 Å². The smallest absolute Gasteiger partial charge is 0.226 e. The second-order valence-corrected chi connectivity index (χ2v) is 5.78. The Labute approximate surface area is 127 Å². The highest BCUT2D eigenvalue weighted by Gasteiger charge is 2.16. The van der Waals surface area contributed by atoms with Gasteiger partial charge in [0.25, 0.3) is 0 Å². The first-order valence-electron chi connectivity index (χ1n) is 7.21. The van der Waals surface area contributed by atoms with E-state index in [1.807, 2.05) is 0 Å². The molecule has 1 aliphatic heterocycles. The molecule has 6 heteroatoms. The van der Waals surface area contributed by atoms with Gasteiger partial charge in [-0.2, -0.15) is 4.98 Å². The highest BCUT2D eigenvalue weighted by Crippen LogP contribution is 2.27. The topological polar surface area (TPSA) is 51.0 Å². The van der Waals surface area contributed by atoms with Gasteiger partial charge in [-0.3, -0.25) is 0 Å². The van der Waals surface area contributed by atoms with Gasteiger partial charge in [-0.25, -0.2) is 4.39 Å². The Morgan fingerprint density at radius 3 is 2.90 bits per heavy atom. The van der Waals surface area contributed by atoms with Gasteiger partial charge >= 0.3 is 0 Å². The van der Waals surface area contributed by atoms with Crippen LogP contribution in [-0.4, -0.2) is 23.2 Å². The van der Waals surface area contributed by atoms with Crippen molar-refractivity contribution in [3.8, 4) is 11.4 Å². The number of rotatable bonds is 4. The Balaban J connectivity index is 1.65. The van der Waals surface area contributed by atoms with E-state index in [1.54, 1.807) is 6.07 Å². The van der Waals surface area contributed by atoms with Crippen molar-refractivity contribution >= 4 is 11.6 Å². The largest absolute Gasteiger partial charge is 0.339 e. The molecule has 1 aromatic heterocycles. The standard InChI is InChI=1S/C15H17ClFN3O/c16-13-9-11(17)2-3-12(13)15-19-14(21-20-15)4-1-10-5-7-18-8-6-10/h2-3,9-10,18H,1,4-8H2. The van der Waals surface area contributed by atoms with Crippen molar-refractivity contribution in [2.75, 3.05) is 13.1 Å². The molecule has 1 aliphatic rings. The average molecular weight is 310 g/mol. The Morgan fingerprint density at radius 2 is 2.14 bits per heavy atom. The molecule has 2 heterocycles. The number of nitrogens with zero attached hydrogens (tertiary/aromatic N) is 2. The number of aromatic nitrogens is 2. The lowest BCUT2D eigenvalue weighted by Gasteiger charge is -2.21. The van der Waals surface area contributed by atoms with E-state index >= 15 is 0 Å². The Hall–Kier alpha value is -1.46. The first-order valence-corrected chi connectivity index (χ1v) is 7.59. The van der Waals surface area contributed by atoms with Crippen LogP contribution in [-0.2, 0) is 6.42 Å². The summed E-state index contributed by atoms with van der Waals surface area (Å²) in [6.45, 7) is 2.18. The molecule has 1 N–H and O–H groups in total. The minimum Gasteiger partial charge on any atom is -0.339 e. The van der Waals surface area contributed by atoms with E-state index in [4.69, 9.17) is 16.1 Å². The van der Waals surface area contributed by atoms with Gasteiger partial charge in [0.1, 0.15) is 5.82 Å². The molecule has 3 rings (SSSR count). The molecule has 2 aromatic rings. The van der Waals surface area contributed by atoms with Crippen LogP contribution in [0.1, 0.15) is 25.2 Å². The quantitative estimate of drug-likeness (QED) is 0.939. The number of hydrogen-bond donors (Lipinski definition) is 1. The first-order chi connectivity index (χ1) is 10.2. The van der Waals surface area contributed by atoms with E-state index in [2.05, 4.69) is 15.5 Å². The summed E-state index contributed by atoms with van der Waals surface area (Å²) >= 11 is 6.00. The van der Waals surface area contributed by atoms with Crippen LogP contribution >= 0.6 is 11.6 Å². The third kappa shape index (κ3) is 3.60. The number of hydrogen-bond acceptors (Lipinski definition) is 4. The zero-order chi connectivity index (χ0) is 14.7. The molecular formula is C15H17ClFN3O. The summed E-state index contributed by atoms with van der Waals surface area (Å²) in [6.07, 6.45) is 4.23. The normalized spacial score (nSPS) is 16.3. The number of halogens is 2. The maximum absolute atomic E-state index is 13.0. The van der Waals surface area contributed by atoms with Gasteiger partial charge < -0.3 is 9.84 Å². The van der Waals surface area contributed by atoms with Crippen LogP contribution in [0.3, 0.4) is 0 Å². The minimum absolute atomic E-state index is 0.292. The van der Waals surface area contributed by atoms with Gasteiger partial charge in [0.2, 0.25) is 11.7 Å². The first kappa shape index (κ1) is 14.5. The molecule has 1 saturated heterocycles. The van der Waals surface area contributed by atoms with Crippen LogP contribution in [0.4, 0.5) is 4.39 Å². The summed E-state index contributed by atoms with van der Waals surface area (Å²) in [6, 6.07) is 4.16. The van der Waals surface area contributed by atoms with Crippen molar-refractivity contribution in [3.63, 3.8) is 0 Å². The molecule has 0 aliphatic carbocycles. The minimum atomic E-state index is -0.377. The zero-order valence-corrected chi connectivity index (χ0v) is 12.4. The number of nitrogens with one attached hydrogen (secondary N) is 1. The summed E-state index contributed by atoms with van der Waals surface area (Å²) in [5, 5.41) is 7.58. The molecule has 0 atom stereocenters. The predicted molar refractivity (Wildman–Crippen MR) is 78.6 cm³/mol. The molecule has 1 fully saturated rings. The van der Waals surface area contributed by atoms with Crippen LogP contribution in [0.15, 0.2) is 22.7 Å². The fourth-order valence-corrected chi connectivity index (χ4v) is 2.89. The predicted octanol–water partition coefficient (Wildman–Crippen LogP) is 3.46. The van der Waals surface area contributed by atoms with Crippen LogP contribution in [0.25, 0.3) is 11.4 Å². The van der Waals surface area contributed by atoms with Crippen molar-refractivity contribution in [3.05, 3.63) is 34.9 Å². The Morgan fingerprint density at radius 1 is 1.33 bits per heavy atom. The summed E-state index contributed by atoms with van der Waals surface area (Å²) < 4.78 is 18.3. The number of piperidine rings is 1. The molecule has 0 radical (unpaired) electrons. The SMILES string of the molecule is Fc1ccc(-c2noc(CCC3CCNCC3)n2)c(Cl)c1. The lowest BCUT2D eigenvalue weighted by molar-refractivity contribution is 0.324. The van der Waals surface area contributed by atoms with Gasteiger partial charge in [-0.1, -0.05) is 16.8 Å². The Bertz CT molecular complexity index is 611. The fourth-order valence-electron chi connectivity index (χ4n) is 2.63. The number of benzene rings is 1. The van der Waals surface area contributed by atoms with E-state index in [1.165, 1.54) is 25.0 Å². The molecule has 0 amide bonds. The molecule has 0 bridgehead atoms. The summed E-state index contributed by atoms with van der Waals surface area (Å²) in [5.41, 5.74) is 0.593. The van der Waals surface area contributed by atoms with Crippen molar-refractivity contribution in [2.45, 2.75) is 25.7 Å². The van der Waals surface area contributed by atoms with Crippen LogP contribution in [0.5, 0.6) is 0 Å². The maximum Gasteiger partial charge on any atom is 0.226 e. The van der Waals surface area contributed by atoms with Gasteiger partial charge in [-0.15, -0.1) is 0 Å². The lowest BCUT2D eigenvalue weighted by atomic mass is 9.93. The van der Waals surface area contributed by atoms with Gasteiger partial charge in [-0.05, 0) is 56.5 Å². The summed E-state index contributed by atoms with van der Waals surface area (Å²) in [4.78, 5) is 4.36. The van der Waals surface area contributed by atoms with E-state index in [9.17, 15) is 4.39 Å². The highest BCUT2D eigenvalue weighted by atomic mass is 35.5. The molecule has 0 unspecified atom stereocenters. The number of aryl methyl sites for hydroxylation is 1. The lowest BCUT2D eigenvalue weighted by Crippen LogP contribution is -2.27. The fraction of sp³-hybridized carbons (Fsp3) is 0.467. The monoisotopic (exact) mass is 309 g/mol. The van der Waals surface area contributed by atoms with Crippen LogP contribution in [0, 0.1) is 11.7 Å². The second-order valence-electron chi connectivity index (χ2n) is 5.37. The molecule has 112 valence electrons. The molecule has 21 heavy (non-hydrogen) atoms. The summed E-state index contributed by atoms with van der Waals surface area (Å²) in [5.74, 6) is 1.37. The van der Waals surface area contributed by atoms with E-state index < -0.39 is 0 Å². The molecule has 0 saturated carbocycles. The van der Waals surface area contributed by atoms with E-state index in [0.29, 0.717) is 22.3 Å². The van der Waals surface area contributed by atoms with Crippen molar-refractivity contribution in [2.24, 2.45) is 5.92 Å². The average Bonchev–Trinajstić information content (AvgIpc) is 2.95. The van der Waals surface area contributed by atoms with Crippen LogP contribution in [0.2, 0.25) is 5.02 Å². The van der Waals surface area contributed by atoms with Crippen molar-refractivity contribution in [1.29, 1.82) is 0 Å². The molecular weight excluding hydrogens is 293 g/mol. The third-order valence-corrected chi connectivity index (χ3v) is 4.18. The highest BCUT2D eigenvalue weighted by molar-refractivity contribution is 6.33. The molecule has 1 aromatic carbocycles. The van der Waals surface area contributed by atoms with Gasteiger partial charge in [0.15, 0.2) is 0 Å². The molecule has 4 nitrogen and oxygen atoms in total. The van der Waals surface area contributed by atoms with E-state index in [0.717, 1.165) is 31.8 Å². The second kappa shape index (κ2) is 6.54. The third-order valence-electron chi connectivity index (χ3n) is 3.87. The van der Waals surface area contributed by atoms with Crippen LogP contribution < -0.4 is 5.32 Å². The maximum atomic E-state index is 13.0. The Kier molecular flexibility index (Phi) is 4.51. The van der Waals surface area contributed by atoms with Gasteiger partial charge in [0.05, 0.1) is 5.02 Å².